The summed E-state index contributed by atoms with van der Waals surface area (Å²) in [5, 5.41) is 9.81. The first-order chi connectivity index (χ1) is 7.43. The lowest BCUT2D eigenvalue weighted by atomic mass is 9.96. The summed E-state index contributed by atoms with van der Waals surface area (Å²) < 4.78 is 5.80. The number of ether oxygens (including phenoxy) is 1. The zero-order chi connectivity index (χ0) is 11.9. The third-order valence-electron chi connectivity index (χ3n) is 2.98. The van der Waals surface area contributed by atoms with Crippen LogP contribution in [-0.2, 0) is 6.42 Å². The molecule has 0 amide bonds. The summed E-state index contributed by atoms with van der Waals surface area (Å²) in [6.45, 7) is 6.23. The van der Waals surface area contributed by atoms with Crippen molar-refractivity contribution in [3.8, 4) is 5.75 Å². The number of benzene rings is 1. The third kappa shape index (κ3) is 2.04. The van der Waals surface area contributed by atoms with Crippen LogP contribution in [0.3, 0.4) is 0 Å². The van der Waals surface area contributed by atoms with E-state index in [4.69, 9.17) is 21.4 Å². The largest absolute Gasteiger partial charge is 0.486 e. The second-order valence-corrected chi connectivity index (χ2v) is 5.52. The Labute approximate surface area is 101 Å². The predicted octanol–water partition coefficient (Wildman–Crippen LogP) is 3.15. The number of aliphatic hydroxyl groups excluding tert-OH is 1. The van der Waals surface area contributed by atoms with Crippen LogP contribution in [0.4, 0.5) is 0 Å². The Kier molecular flexibility index (Phi) is 2.89. The molecule has 2 nitrogen and oxygen atoms in total. The molecular formula is C13H17ClO2. The maximum Gasteiger partial charge on any atom is 0.142 e. The van der Waals surface area contributed by atoms with Crippen LogP contribution in [0.2, 0.25) is 5.02 Å². The van der Waals surface area contributed by atoms with Crippen LogP contribution in [0.5, 0.6) is 5.75 Å². The molecule has 0 bridgehead atoms. The van der Waals surface area contributed by atoms with E-state index >= 15 is 0 Å². The fourth-order valence-electron chi connectivity index (χ4n) is 2.08. The topological polar surface area (TPSA) is 29.5 Å². The monoisotopic (exact) mass is 240 g/mol. The van der Waals surface area contributed by atoms with Gasteiger partial charge in [-0.2, -0.15) is 0 Å². The second kappa shape index (κ2) is 3.94. The van der Waals surface area contributed by atoms with Gasteiger partial charge in [0.2, 0.25) is 0 Å². The molecule has 16 heavy (non-hydrogen) atoms. The molecule has 1 aliphatic heterocycles. The Morgan fingerprint density at radius 1 is 1.50 bits per heavy atom. The van der Waals surface area contributed by atoms with Crippen molar-refractivity contribution in [1.82, 2.24) is 0 Å². The van der Waals surface area contributed by atoms with E-state index < -0.39 is 0 Å². The Morgan fingerprint density at radius 2 is 2.19 bits per heavy atom. The van der Waals surface area contributed by atoms with Gasteiger partial charge in [-0.05, 0) is 31.0 Å². The number of aliphatic hydroxyl groups is 1. The van der Waals surface area contributed by atoms with Crippen molar-refractivity contribution in [3.63, 3.8) is 0 Å². The Hall–Kier alpha value is -0.730. The first kappa shape index (κ1) is 11.7. The number of hydrogen-bond acceptors (Lipinski definition) is 2. The van der Waals surface area contributed by atoms with Crippen LogP contribution in [-0.4, -0.2) is 17.3 Å². The number of fused-ring (bicyclic) bond motifs is 1. The van der Waals surface area contributed by atoms with Crippen molar-refractivity contribution in [2.75, 3.05) is 6.61 Å². The van der Waals surface area contributed by atoms with Gasteiger partial charge in [-0.25, -0.2) is 0 Å². The van der Waals surface area contributed by atoms with Crippen molar-refractivity contribution >= 4 is 11.6 Å². The van der Waals surface area contributed by atoms with Gasteiger partial charge in [-0.3, -0.25) is 0 Å². The van der Waals surface area contributed by atoms with E-state index in [9.17, 15) is 0 Å². The zero-order valence-corrected chi connectivity index (χ0v) is 10.6. The highest BCUT2D eigenvalue weighted by atomic mass is 35.5. The van der Waals surface area contributed by atoms with E-state index in [-0.39, 0.29) is 18.1 Å². The molecule has 0 spiro atoms. The van der Waals surface area contributed by atoms with Gasteiger partial charge in [0, 0.05) is 18.9 Å². The molecule has 1 heterocycles. The van der Waals surface area contributed by atoms with Gasteiger partial charge in [0.05, 0.1) is 5.02 Å². The fourth-order valence-corrected chi connectivity index (χ4v) is 2.37. The molecule has 1 N–H and O–H groups in total. The fraction of sp³-hybridized carbons (Fsp3) is 0.538. The number of hydrogen-bond donors (Lipinski definition) is 1. The zero-order valence-electron chi connectivity index (χ0n) is 9.88. The molecule has 0 saturated heterocycles. The molecule has 1 atom stereocenters. The van der Waals surface area contributed by atoms with E-state index in [2.05, 4.69) is 19.9 Å². The van der Waals surface area contributed by atoms with Gasteiger partial charge in [0.1, 0.15) is 11.4 Å². The first-order valence-electron chi connectivity index (χ1n) is 5.55. The van der Waals surface area contributed by atoms with E-state index in [0.29, 0.717) is 5.02 Å². The quantitative estimate of drug-likeness (QED) is 0.861. The van der Waals surface area contributed by atoms with Gasteiger partial charge >= 0.3 is 0 Å². The van der Waals surface area contributed by atoms with Crippen molar-refractivity contribution < 1.29 is 9.84 Å². The van der Waals surface area contributed by atoms with E-state index in [0.717, 1.165) is 23.3 Å². The highest BCUT2D eigenvalue weighted by Crippen LogP contribution is 2.41. The first-order valence-corrected chi connectivity index (χ1v) is 5.93. The summed E-state index contributed by atoms with van der Waals surface area (Å²) in [7, 11) is 0. The van der Waals surface area contributed by atoms with Crippen LogP contribution < -0.4 is 4.74 Å². The molecule has 3 heteroatoms. The lowest BCUT2D eigenvalue weighted by molar-refractivity contribution is 0.138. The SMILES string of the molecule is CC(CO)c1cc(Cl)c2c(c1)CC(C)(C)O2. The Balaban J connectivity index is 2.42. The summed E-state index contributed by atoms with van der Waals surface area (Å²) in [6, 6.07) is 3.99. The molecule has 1 aliphatic rings. The summed E-state index contributed by atoms with van der Waals surface area (Å²) in [5.74, 6) is 0.923. The average molecular weight is 241 g/mol. The molecule has 1 aromatic rings. The van der Waals surface area contributed by atoms with Crippen LogP contribution >= 0.6 is 11.6 Å². The summed E-state index contributed by atoms with van der Waals surface area (Å²) in [6.07, 6.45) is 0.869. The lowest BCUT2D eigenvalue weighted by Crippen LogP contribution is -2.24. The molecule has 0 aromatic heterocycles. The Bertz CT molecular complexity index is 413. The predicted molar refractivity (Wildman–Crippen MR) is 65.4 cm³/mol. The van der Waals surface area contributed by atoms with Gasteiger partial charge < -0.3 is 9.84 Å². The minimum atomic E-state index is -0.174. The molecule has 1 aromatic carbocycles. The van der Waals surface area contributed by atoms with Gasteiger partial charge in [0.25, 0.3) is 0 Å². The van der Waals surface area contributed by atoms with E-state index in [1.54, 1.807) is 0 Å². The second-order valence-electron chi connectivity index (χ2n) is 5.11. The van der Waals surface area contributed by atoms with Gasteiger partial charge in [-0.15, -0.1) is 0 Å². The highest BCUT2D eigenvalue weighted by molar-refractivity contribution is 6.32. The van der Waals surface area contributed by atoms with Crippen molar-refractivity contribution in [3.05, 3.63) is 28.3 Å². The molecule has 0 saturated carbocycles. The van der Waals surface area contributed by atoms with Crippen LogP contribution in [0.15, 0.2) is 12.1 Å². The molecule has 0 radical (unpaired) electrons. The number of rotatable bonds is 2. The van der Waals surface area contributed by atoms with Crippen LogP contribution in [0.1, 0.15) is 37.8 Å². The standard InChI is InChI=1S/C13H17ClO2/c1-8(7-15)9-4-10-6-13(2,3)16-12(10)11(14)5-9/h4-5,8,15H,6-7H2,1-3H3. The maximum atomic E-state index is 9.16. The highest BCUT2D eigenvalue weighted by Gasteiger charge is 2.32. The molecule has 2 rings (SSSR count). The molecule has 88 valence electrons. The smallest absolute Gasteiger partial charge is 0.142 e. The summed E-state index contributed by atoms with van der Waals surface area (Å²) in [5.41, 5.74) is 2.05. The van der Waals surface area contributed by atoms with E-state index in [1.807, 2.05) is 13.0 Å². The molecule has 0 fully saturated rings. The Morgan fingerprint density at radius 3 is 2.81 bits per heavy atom. The molecular weight excluding hydrogens is 224 g/mol. The molecule has 1 unspecified atom stereocenters. The van der Waals surface area contributed by atoms with Crippen molar-refractivity contribution in [1.29, 1.82) is 0 Å². The lowest BCUT2D eigenvalue weighted by Gasteiger charge is -2.17. The summed E-state index contributed by atoms with van der Waals surface area (Å²) >= 11 is 6.20. The van der Waals surface area contributed by atoms with Gasteiger partial charge in [0.15, 0.2) is 0 Å². The van der Waals surface area contributed by atoms with Crippen molar-refractivity contribution in [2.45, 2.75) is 38.7 Å². The maximum absolute atomic E-state index is 9.16. The third-order valence-corrected chi connectivity index (χ3v) is 3.26. The normalized spacial score (nSPS) is 19.1. The molecule has 0 aliphatic carbocycles. The summed E-state index contributed by atoms with van der Waals surface area (Å²) in [4.78, 5) is 0. The number of halogens is 1. The minimum Gasteiger partial charge on any atom is -0.486 e. The van der Waals surface area contributed by atoms with Crippen LogP contribution in [0.25, 0.3) is 0 Å². The van der Waals surface area contributed by atoms with E-state index in [1.165, 1.54) is 0 Å². The van der Waals surface area contributed by atoms with Crippen LogP contribution in [0, 0.1) is 0 Å². The van der Waals surface area contributed by atoms with Gasteiger partial charge in [-0.1, -0.05) is 24.6 Å². The average Bonchev–Trinajstić information content (AvgIpc) is 2.52. The van der Waals surface area contributed by atoms with Crippen molar-refractivity contribution in [2.24, 2.45) is 0 Å². The minimum absolute atomic E-state index is 0.117.